The van der Waals surface area contributed by atoms with Gasteiger partial charge in [0.25, 0.3) is 0 Å². The summed E-state index contributed by atoms with van der Waals surface area (Å²) in [7, 11) is 3.54. The number of nitrogens with zero attached hydrogens (tertiary/aromatic N) is 3. The van der Waals surface area contributed by atoms with Crippen molar-refractivity contribution in [3.05, 3.63) is 59.2 Å². The van der Waals surface area contributed by atoms with E-state index in [0.717, 1.165) is 23.3 Å². The maximum atomic E-state index is 12.6. The van der Waals surface area contributed by atoms with Gasteiger partial charge >= 0.3 is 0 Å². The Morgan fingerprint density at radius 3 is 2.74 bits per heavy atom. The number of para-hydroxylation sites is 1. The van der Waals surface area contributed by atoms with Gasteiger partial charge in [0.15, 0.2) is 11.0 Å². The molecule has 0 saturated carbocycles. The van der Waals surface area contributed by atoms with E-state index in [4.69, 9.17) is 4.74 Å². The summed E-state index contributed by atoms with van der Waals surface area (Å²) in [5.41, 5.74) is 4.92. The largest absolute Gasteiger partial charge is 0.496 e. The smallest absolute Gasteiger partial charge is 0.230 e. The van der Waals surface area contributed by atoms with Gasteiger partial charge in [0.05, 0.1) is 24.5 Å². The number of hydrogen-bond acceptors (Lipinski definition) is 5. The molecule has 1 unspecified atom stereocenters. The third-order valence-corrected chi connectivity index (χ3v) is 6.79. The summed E-state index contributed by atoms with van der Waals surface area (Å²) in [6.45, 7) is 2.04. The SMILES string of the molecule is COc1ccccc1-c1nnc(SCC(=O)NC(C)c2ccc3c(c2)CCCC3)n1C. The Hall–Kier alpha value is -2.80. The molecule has 7 heteroatoms. The van der Waals surface area contributed by atoms with Crippen molar-refractivity contribution in [3.63, 3.8) is 0 Å². The normalized spacial score (nSPS) is 14.0. The average molecular weight is 437 g/mol. The maximum Gasteiger partial charge on any atom is 0.230 e. The lowest BCUT2D eigenvalue weighted by atomic mass is 9.89. The van der Waals surface area contributed by atoms with Gasteiger partial charge in [-0.25, -0.2) is 0 Å². The Kier molecular flexibility index (Phi) is 6.61. The van der Waals surface area contributed by atoms with Crippen LogP contribution in [0.2, 0.25) is 0 Å². The van der Waals surface area contributed by atoms with E-state index in [2.05, 4.69) is 33.7 Å². The predicted molar refractivity (Wildman–Crippen MR) is 123 cm³/mol. The minimum Gasteiger partial charge on any atom is -0.496 e. The van der Waals surface area contributed by atoms with E-state index in [0.29, 0.717) is 11.0 Å². The van der Waals surface area contributed by atoms with Crippen LogP contribution in [-0.2, 0) is 24.7 Å². The van der Waals surface area contributed by atoms with Crippen LogP contribution in [0.1, 0.15) is 42.5 Å². The van der Waals surface area contributed by atoms with Gasteiger partial charge in [0, 0.05) is 7.05 Å². The maximum absolute atomic E-state index is 12.6. The Balaban J connectivity index is 1.37. The van der Waals surface area contributed by atoms with Gasteiger partial charge in [-0.1, -0.05) is 42.1 Å². The monoisotopic (exact) mass is 436 g/mol. The molecule has 0 aliphatic heterocycles. The zero-order valence-corrected chi connectivity index (χ0v) is 19.0. The number of amides is 1. The summed E-state index contributed by atoms with van der Waals surface area (Å²) in [5, 5.41) is 12.4. The first-order valence-electron chi connectivity index (χ1n) is 10.6. The number of fused-ring (bicyclic) bond motifs is 1. The van der Waals surface area contributed by atoms with Crippen LogP contribution in [0.4, 0.5) is 0 Å². The highest BCUT2D eigenvalue weighted by atomic mass is 32.2. The third kappa shape index (κ3) is 4.77. The zero-order valence-electron chi connectivity index (χ0n) is 18.2. The van der Waals surface area contributed by atoms with Gasteiger partial charge in [-0.05, 0) is 61.4 Å². The number of carbonyl (C=O) groups excluding carboxylic acids is 1. The van der Waals surface area contributed by atoms with E-state index in [-0.39, 0.29) is 17.7 Å². The van der Waals surface area contributed by atoms with Gasteiger partial charge in [-0.3, -0.25) is 4.79 Å². The molecule has 0 spiro atoms. The lowest BCUT2D eigenvalue weighted by Gasteiger charge is -2.20. The molecule has 3 aromatic rings. The molecular formula is C24H28N4O2S. The lowest BCUT2D eigenvalue weighted by Crippen LogP contribution is -2.28. The van der Waals surface area contributed by atoms with Gasteiger partial charge in [-0.15, -0.1) is 10.2 Å². The summed E-state index contributed by atoms with van der Waals surface area (Å²) in [4.78, 5) is 12.6. The first-order chi connectivity index (χ1) is 15.1. The van der Waals surface area contributed by atoms with Crippen molar-refractivity contribution in [2.45, 2.75) is 43.8 Å². The summed E-state index contributed by atoms with van der Waals surface area (Å²) >= 11 is 1.38. The van der Waals surface area contributed by atoms with Crippen LogP contribution in [0, 0.1) is 0 Å². The van der Waals surface area contributed by atoms with E-state index in [1.165, 1.54) is 42.2 Å². The van der Waals surface area contributed by atoms with Crippen LogP contribution in [0.25, 0.3) is 11.4 Å². The summed E-state index contributed by atoms with van der Waals surface area (Å²) in [6, 6.07) is 14.3. The molecular weight excluding hydrogens is 408 g/mol. The molecule has 0 bridgehead atoms. The fraction of sp³-hybridized carbons (Fsp3) is 0.375. The number of thioether (sulfide) groups is 1. The average Bonchev–Trinajstić information content (AvgIpc) is 3.17. The number of aromatic nitrogens is 3. The number of ether oxygens (including phenoxy) is 1. The minimum absolute atomic E-state index is 0.0166. The van der Waals surface area contributed by atoms with Crippen molar-refractivity contribution in [1.29, 1.82) is 0 Å². The van der Waals surface area contributed by atoms with Crippen molar-refractivity contribution >= 4 is 17.7 Å². The van der Waals surface area contributed by atoms with Crippen LogP contribution in [-0.4, -0.2) is 33.5 Å². The topological polar surface area (TPSA) is 69.0 Å². The van der Waals surface area contributed by atoms with Crippen molar-refractivity contribution in [3.8, 4) is 17.1 Å². The molecule has 0 saturated heterocycles. The Labute approximate surface area is 187 Å². The summed E-state index contributed by atoms with van der Waals surface area (Å²) < 4.78 is 7.32. The zero-order chi connectivity index (χ0) is 21.8. The van der Waals surface area contributed by atoms with Gasteiger partial charge < -0.3 is 14.6 Å². The molecule has 162 valence electrons. The number of benzene rings is 2. The fourth-order valence-corrected chi connectivity index (χ4v) is 4.75. The second kappa shape index (κ2) is 9.56. The molecule has 0 radical (unpaired) electrons. The van der Waals surface area contributed by atoms with Gasteiger partial charge in [0.2, 0.25) is 5.91 Å². The molecule has 1 amide bonds. The van der Waals surface area contributed by atoms with E-state index >= 15 is 0 Å². The molecule has 1 heterocycles. The third-order valence-electron chi connectivity index (χ3n) is 5.77. The number of nitrogens with one attached hydrogen (secondary N) is 1. The first-order valence-corrected chi connectivity index (χ1v) is 11.6. The molecule has 1 atom stereocenters. The first kappa shape index (κ1) is 21.4. The number of methoxy groups -OCH3 is 1. The molecule has 6 nitrogen and oxygen atoms in total. The van der Waals surface area contributed by atoms with Crippen molar-refractivity contribution in [2.75, 3.05) is 12.9 Å². The fourth-order valence-electron chi connectivity index (χ4n) is 4.02. The Morgan fingerprint density at radius 1 is 1.16 bits per heavy atom. The van der Waals surface area contributed by atoms with E-state index in [1.54, 1.807) is 7.11 Å². The quantitative estimate of drug-likeness (QED) is 0.558. The van der Waals surface area contributed by atoms with E-state index in [1.807, 2.05) is 42.8 Å². The second-order valence-electron chi connectivity index (χ2n) is 7.88. The minimum atomic E-state index is -0.0241. The highest BCUT2D eigenvalue weighted by Gasteiger charge is 2.17. The van der Waals surface area contributed by atoms with Crippen LogP contribution in [0.5, 0.6) is 5.75 Å². The number of carbonyl (C=O) groups is 1. The van der Waals surface area contributed by atoms with Crippen LogP contribution in [0.15, 0.2) is 47.6 Å². The molecule has 2 aromatic carbocycles. The van der Waals surface area contributed by atoms with E-state index < -0.39 is 0 Å². The van der Waals surface area contributed by atoms with Crippen molar-refractivity contribution < 1.29 is 9.53 Å². The van der Waals surface area contributed by atoms with E-state index in [9.17, 15) is 4.79 Å². The summed E-state index contributed by atoms with van der Waals surface area (Å²) in [5.74, 6) is 1.72. The van der Waals surface area contributed by atoms with Crippen molar-refractivity contribution in [1.82, 2.24) is 20.1 Å². The second-order valence-corrected chi connectivity index (χ2v) is 8.82. The molecule has 31 heavy (non-hydrogen) atoms. The molecule has 4 rings (SSSR count). The lowest BCUT2D eigenvalue weighted by molar-refractivity contribution is -0.119. The van der Waals surface area contributed by atoms with Gasteiger partial charge in [0.1, 0.15) is 5.75 Å². The number of rotatable bonds is 7. The highest BCUT2D eigenvalue weighted by molar-refractivity contribution is 7.99. The Bertz CT molecular complexity index is 1080. The predicted octanol–water partition coefficient (Wildman–Crippen LogP) is 4.34. The standard InChI is InChI=1S/C24H28N4O2S/c1-16(18-13-12-17-8-4-5-9-19(17)14-18)25-22(29)15-31-24-27-26-23(28(24)2)20-10-6-7-11-21(20)30-3/h6-7,10-14,16H,4-5,8-9,15H2,1-3H3,(H,25,29). The number of hydrogen-bond donors (Lipinski definition) is 1. The molecule has 0 fully saturated rings. The molecule has 1 aliphatic rings. The van der Waals surface area contributed by atoms with Crippen LogP contribution in [0.3, 0.4) is 0 Å². The highest BCUT2D eigenvalue weighted by Crippen LogP contribution is 2.30. The van der Waals surface area contributed by atoms with Gasteiger partial charge in [-0.2, -0.15) is 0 Å². The Morgan fingerprint density at radius 2 is 1.94 bits per heavy atom. The van der Waals surface area contributed by atoms with Crippen molar-refractivity contribution in [2.24, 2.45) is 7.05 Å². The number of aryl methyl sites for hydroxylation is 2. The molecule has 1 aliphatic carbocycles. The van der Waals surface area contributed by atoms with Crippen LogP contribution >= 0.6 is 11.8 Å². The van der Waals surface area contributed by atoms with Crippen LogP contribution < -0.4 is 10.1 Å². The summed E-state index contributed by atoms with van der Waals surface area (Å²) in [6.07, 6.45) is 4.83. The molecule has 1 N–H and O–H groups in total. The molecule has 1 aromatic heterocycles.